The van der Waals surface area contributed by atoms with Gasteiger partial charge in [0.25, 0.3) is 0 Å². The lowest BCUT2D eigenvalue weighted by Crippen LogP contribution is -2.47. The summed E-state index contributed by atoms with van der Waals surface area (Å²) in [6.07, 6.45) is 2.71. The van der Waals surface area contributed by atoms with Crippen molar-refractivity contribution in [3.05, 3.63) is 102 Å². The average molecular weight is 542 g/mol. The Hall–Kier alpha value is -4.10. The number of aromatic amines is 1. The molecular formula is C33H39N3O4. The second-order valence-electron chi connectivity index (χ2n) is 10.1. The van der Waals surface area contributed by atoms with E-state index < -0.39 is 0 Å². The molecule has 0 saturated carbocycles. The Labute approximate surface area is 236 Å². The number of nitrogens with one attached hydrogen (secondary N) is 1. The van der Waals surface area contributed by atoms with Crippen LogP contribution in [0.1, 0.15) is 37.5 Å². The summed E-state index contributed by atoms with van der Waals surface area (Å²) in [6, 6.07) is 25.6. The molecule has 0 atom stereocenters. The van der Waals surface area contributed by atoms with E-state index in [1.807, 2.05) is 105 Å². The number of aromatic nitrogens is 1. The summed E-state index contributed by atoms with van der Waals surface area (Å²) >= 11 is 0. The first-order chi connectivity index (χ1) is 19.4. The van der Waals surface area contributed by atoms with Crippen LogP contribution in [-0.2, 0) is 33.9 Å². The van der Waals surface area contributed by atoms with Crippen LogP contribution >= 0.6 is 0 Å². The van der Waals surface area contributed by atoms with Gasteiger partial charge in [-0.3, -0.25) is 9.59 Å². The zero-order chi connectivity index (χ0) is 28.3. The van der Waals surface area contributed by atoms with Crippen molar-refractivity contribution >= 4 is 22.7 Å². The minimum absolute atomic E-state index is 0.00386. The third kappa shape index (κ3) is 7.96. The molecule has 0 fully saturated rings. The molecular weight excluding hydrogens is 502 g/mol. The maximum atomic E-state index is 13.7. The van der Waals surface area contributed by atoms with Gasteiger partial charge in [-0.1, -0.05) is 60.7 Å². The van der Waals surface area contributed by atoms with Crippen molar-refractivity contribution in [2.75, 3.05) is 26.3 Å². The fraction of sp³-hybridized carbons (Fsp3) is 0.333. The number of carbonyl (C=O) groups excluding carboxylic acids is 2. The van der Waals surface area contributed by atoms with Crippen LogP contribution in [0.2, 0.25) is 0 Å². The molecule has 0 bridgehead atoms. The highest BCUT2D eigenvalue weighted by Gasteiger charge is 2.24. The standard InChI is InChI=1S/C33H39N3O4/c1-4-40-29-16-14-26(15-17-29)21-35(19-18-28-20-34-31-13-9-8-12-30(28)31)32(37)22-36(25(2)3)33(38)24-39-23-27-10-6-5-7-11-27/h5-17,20,25,34H,4,18-19,21-24H2,1-3H3. The molecule has 1 heterocycles. The molecule has 0 spiro atoms. The summed E-state index contributed by atoms with van der Waals surface area (Å²) in [5.74, 6) is 0.505. The van der Waals surface area contributed by atoms with Gasteiger partial charge in [-0.15, -0.1) is 0 Å². The first-order valence-electron chi connectivity index (χ1n) is 13.9. The highest BCUT2D eigenvalue weighted by Crippen LogP contribution is 2.20. The number of fused-ring (bicyclic) bond motifs is 1. The van der Waals surface area contributed by atoms with Crippen molar-refractivity contribution in [2.24, 2.45) is 0 Å². The molecule has 210 valence electrons. The zero-order valence-corrected chi connectivity index (χ0v) is 23.6. The largest absolute Gasteiger partial charge is 0.494 e. The van der Waals surface area contributed by atoms with Crippen LogP contribution in [0.3, 0.4) is 0 Å². The van der Waals surface area contributed by atoms with E-state index in [1.54, 1.807) is 4.90 Å². The predicted octanol–water partition coefficient (Wildman–Crippen LogP) is 5.59. The number of hydrogen-bond donors (Lipinski definition) is 1. The van der Waals surface area contributed by atoms with E-state index in [0.29, 0.717) is 32.7 Å². The van der Waals surface area contributed by atoms with Gasteiger partial charge in [0.15, 0.2) is 0 Å². The summed E-state index contributed by atoms with van der Waals surface area (Å²) in [5.41, 5.74) is 4.24. The molecule has 40 heavy (non-hydrogen) atoms. The van der Waals surface area contributed by atoms with Gasteiger partial charge in [0.1, 0.15) is 18.9 Å². The fourth-order valence-electron chi connectivity index (χ4n) is 4.68. The minimum atomic E-state index is -0.197. The number of hydrogen-bond acceptors (Lipinski definition) is 4. The number of ether oxygens (including phenoxy) is 2. The average Bonchev–Trinajstić information content (AvgIpc) is 3.38. The smallest absolute Gasteiger partial charge is 0.249 e. The number of rotatable bonds is 14. The van der Waals surface area contributed by atoms with Crippen molar-refractivity contribution in [3.63, 3.8) is 0 Å². The summed E-state index contributed by atoms with van der Waals surface area (Å²) in [4.78, 5) is 33.6. The zero-order valence-electron chi connectivity index (χ0n) is 23.6. The van der Waals surface area contributed by atoms with Crippen LogP contribution < -0.4 is 4.74 Å². The van der Waals surface area contributed by atoms with Gasteiger partial charge in [0.05, 0.1) is 13.2 Å². The Kier molecular flexibility index (Phi) is 10.4. The van der Waals surface area contributed by atoms with Crippen LogP contribution in [0.5, 0.6) is 5.75 Å². The van der Waals surface area contributed by atoms with E-state index in [0.717, 1.165) is 33.3 Å². The number of carbonyl (C=O) groups is 2. The van der Waals surface area contributed by atoms with Gasteiger partial charge >= 0.3 is 0 Å². The Morgan fingerprint density at radius 3 is 2.33 bits per heavy atom. The molecule has 0 aliphatic carbocycles. The molecule has 4 rings (SSSR count). The van der Waals surface area contributed by atoms with Crippen LogP contribution in [0.25, 0.3) is 10.9 Å². The van der Waals surface area contributed by atoms with Crippen molar-refractivity contribution in [1.82, 2.24) is 14.8 Å². The van der Waals surface area contributed by atoms with Crippen molar-refractivity contribution < 1.29 is 19.1 Å². The van der Waals surface area contributed by atoms with E-state index in [-0.39, 0.29) is 31.0 Å². The van der Waals surface area contributed by atoms with E-state index in [9.17, 15) is 9.59 Å². The van der Waals surface area contributed by atoms with E-state index in [4.69, 9.17) is 9.47 Å². The minimum Gasteiger partial charge on any atom is -0.494 e. The lowest BCUT2D eigenvalue weighted by molar-refractivity contribution is -0.145. The van der Waals surface area contributed by atoms with Gasteiger partial charge in [-0.25, -0.2) is 0 Å². The van der Waals surface area contributed by atoms with Crippen LogP contribution in [-0.4, -0.2) is 58.9 Å². The van der Waals surface area contributed by atoms with E-state index in [1.165, 1.54) is 0 Å². The number of H-pyrrole nitrogens is 1. The fourth-order valence-corrected chi connectivity index (χ4v) is 4.68. The Bertz CT molecular complexity index is 1370. The first-order valence-corrected chi connectivity index (χ1v) is 13.9. The number of amides is 2. The Balaban J connectivity index is 1.44. The number of para-hydroxylation sites is 1. The SMILES string of the molecule is CCOc1ccc(CN(CCc2c[nH]c3ccccc23)C(=O)CN(C(=O)COCc2ccccc2)C(C)C)cc1. The third-order valence-electron chi connectivity index (χ3n) is 6.87. The summed E-state index contributed by atoms with van der Waals surface area (Å²) < 4.78 is 11.3. The molecule has 1 aromatic heterocycles. The first kappa shape index (κ1) is 28.9. The predicted molar refractivity (Wildman–Crippen MR) is 158 cm³/mol. The van der Waals surface area contributed by atoms with Gasteiger partial charge in [-0.2, -0.15) is 0 Å². The number of benzene rings is 3. The molecule has 0 radical (unpaired) electrons. The molecule has 3 aromatic carbocycles. The van der Waals surface area contributed by atoms with Gasteiger partial charge in [0.2, 0.25) is 11.8 Å². The van der Waals surface area contributed by atoms with Gasteiger partial charge < -0.3 is 24.3 Å². The number of nitrogens with zero attached hydrogens (tertiary/aromatic N) is 2. The van der Waals surface area contributed by atoms with E-state index in [2.05, 4.69) is 11.1 Å². The maximum absolute atomic E-state index is 13.7. The lowest BCUT2D eigenvalue weighted by Gasteiger charge is -2.30. The Morgan fingerprint density at radius 2 is 1.60 bits per heavy atom. The molecule has 7 nitrogen and oxygen atoms in total. The molecule has 0 unspecified atom stereocenters. The molecule has 2 amide bonds. The Morgan fingerprint density at radius 1 is 0.875 bits per heavy atom. The van der Waals surface area contributed by atoms with Crippen molar-refractivity contribution in [3.8, 4) is 5.75 Å². The second-order valence-corrected chi connectivity index (χ2v) is 10.1. The van der Waals surface area contributed by atoms with E-state index >= 15 is 0 Å². The molecule has 7 heteroatoms. The van der Waals surface area contributed by atoms with Crippen molar-refractivity contribution in [1.29, 1.82) is 0 Å². The van der Waals surface area contributed by atoms with Crippen LogP contribution in [0.15, 0.2) is 85.1 Å². The molecule has 0 aliphatic heterocycles. The topological polar surface area (TPSA) is 74.9 Å². The summed E-state index contributed by atoms with van der Waals surface area (Å²) in [5, 5.41) is 1.16. The van der Waals surface area contributed by atoms with Crippen LogP contribution in [0.4, 0.5) is 0 Å². The molecule has 0 aliphatic rings. The molecule has 4 aromatic rings. The quantitative estimate of drug-likeness (QED) is 0.226. The second kappa shape index (κ2) is 14.3. The lowest BCUT2D eigenvalue weighted by atomic mass is 10.1. The summed E-state index contributed by atoms with van der Waals surface area (Å²) in [7, 11) is 0. The highest BCUT2D eigenvalue weighted by atomic mass is 16.5. The van der Waals surface area contributed by atoms with Crippen molar-refractivity contribution in [2.45, 2.75) is 46.4 Å². The highest BCUT2D eigenvalue weighted by molar-refractivity contribution is 5.86. The normalized spacial score (nSPS) is 11.1. The third-order valence-corrected chi connectivity index (χ3v) is 6.87. The monoisotopic (exact) mass is 541 g/mol. The summed E-state index contributed by atoms with van der Waals surface area (Å²) in [6.45, 7) is 7.63. The maximum Gasteiger partial charge on any atom is 0.249 e. The van der Waals surface area contributed by atoms with Crippen LogP contribution in [0, 0.1) is 0 Å². The van der Waals surface area contributed by atoms with Gasteiger partial charge in [0, 0.05) is 36.2 Å². The molecule has 0 saturated heterocycles. The van der Waals surface area contributed by atoms with Gasteiger partial charge in [-0.05, 0) is 62.1 Å². The molecule has 1 N–H and O–H groups in total.